The molecule has 1 aliphatic heterocycles. The number of aromatic amines is 1. The van der Waals surface area contributed by atoms with Gasteiger partial charge in [-0.2, -0.15) is 0 Å². The molecule has 3 atom stereocenters. The van der Waals surface area contributed by atoms with Crippen LogP contribution in [0.3, 0.4) is 0 Å². The van der Waals surface area contributed by atoms with Crippen molar-refractivity contribution in [2.75, 3.05) is 13.0 Å². The highest BCUT2D eigenvalue weighted by molar-refractivity contribution is 7.51. The van der Waals surface area contributed by atoms with Crippen LogP contribution in [0.2, 0.25) is 0 Å². The molecule has 118 valence electrons. The summed E-state index contributed by atoms with van der Waals surface area (Å²) in [7, 11) is -4.46. The van der Waals surface area contributed by atoms with Gasteiger partial charge in [0.1, 0.15) is 12.5 Å². The lowest BCUT2D eigenvalue weighted by Crippen LogP contribution is -2.51. The van der Waals surface area contributed by atoms with Crippen molar-refractivity contribution in [1.82, 2.24) is 9.55 Å². The monoisotopic (exact) mass is 324 g/mol. The zero-order valence-corrected chi connectivity index (χ0v) is 11.3. The third kappa shape index (κ3) is 3.30. The number of aromatic nitrogens is 2. The van der Waals surface area contributed by atoms with Crippen LogP contribution in [0.4, 0.5) is 0 Å². The molecule has 2 rings (SSSR count). The Morgan fingerprint density at radius 2 is 2.19 bits per heavy atom. The Bertz CT molecular complexity index is 678. The van der Waals surface area contributed by atoms with E-state index in [-0.39, 0.29) is 0 Å². The van der Waals surface area contributed by atoms with Crippen molar-refractivity contribution in [3.63, 3.8) is 0 Å². The van der Waals surface area contributed by atoms with E-state index < -0.39 is 49.9 Å². The highest BCUT2D eigenvalue weighted by Gasteiger charge is 2.51. The molecule has 0 aromatic carbocycles. The largest absolute Gasteiger partial charge is 0.382 e. The maximum absolute atomic E-state index is 11.6. The molecule has 1 aromatic rings. The molecule has 2 heterocycles. The van der Waals surface area contributed by atoms with Crippen LogP contribution in [0.25, 0.3) is 0 Å². The summed E-state index contributed by atoms with van der Waals surface area (Å²) in [6.45, 7) is -0.413. The van der Waals surface area contributed by atoms with Gasteiger partial charge in [-0.25, -0.2) is 9.36 Å². The van der Waals surface area contributed by atoms with Gasteiger partial charge in [-0.15, -0.1) is 0 Å². The first-order valence-corrected chi connectivity index (χ1v) is 7.46. The van der Waals surface area contributed by atoms with Crippen molar-refractivity contribution in [3.8, 4) is 0 Å². The van der Waals surface area contributed by atoms with E-state index >= 15 is 0 Å². The van der Waals surface area contributed by atoms with Crippen LogP contribution >= 0.6 is 7.60 Å². The van der Waals surface area contributed by atoms with Crippen molar-refractivity contribution in [1.29, 1.82) is 0 Å². The van der Waals surface area contributed by atoms with Gasteiger partial charge >= 0.3 is 13.3 Å². The number of rotatable bonds is 4. The summed E-state index contributed by atoms with van der Waals surface area (Å²) < 4.78 is 20.9. The zero-order chi connectivity index (χ0) is 15.8. The van der Waals surface area contributed by atoms with Gasteiger partial charge in [0.2, 0.25) is 0 Å². The number of H-pyrrole nitrogens is 1. The number of nitrogens with zero attached hydrogens (tertiary/aromatic N) is 1. The number of hydrogen-bond acceptors (Lipinski definition) is 7. The first-order valence-electron chi connectivity index (χ1n) is 5.66. The Morgan fingerprint density at radius 1 is 1.52 bits per heavy atom. The normalized spacial score (nSPS) is 29.7. The van der Waals surface area contributed by atoms with E-state index in [4.69, 9.17) is 19.3 Å². The molecule has 0 saturated carbocycles. The Kier molecular flexibility index (Phi) is 4.17. The van der Waals surface area contributed by atoms with Gasteiger partial charge in [-0.3, -0.25) is 14.3 Å². The lowest BCUT2D eigenvalue weighted by Gasteiger charge is -2.27. The Balaban J connectivity index is 2.23. The molecule has 5 N–H and O–H groups in total. The smallest absolute Gasteiger partial charge is 0.350 e. The standard InChI is InChI=1S/C9H13N2O9P/c12-6-1-2-11(8(14)10-6)9(15)7(13)5(3-20-9)19-4-21(16,17)18/h1-2,5,7,13,15H,3-4H2,(H,10,12,14)(H2,16,17,18)/t5-,7+,9-/m1/s1. The fraction of sp³-hybridized carbons (Fsp3) is 0.556. The molecule has 0 spiro atoms. The molecule has 11 nitrogen and oxygen atoms in total. The SMILES string of the molecule is O=c1ccn([C@]2(O)OC[C@@H](OCP(=O)(O)O)[C@@H]2O)c(=O)[nH]1. The second-order valence-electron chi connectivity index (χ2n) is 4.39. The molecule has 0 aliphatic carbocycles. The van der Waals surface area contributed by atoms with E-state index in [1.54, 1.807) is 0 Å². The van der Waals surface area contributed by atoms with Crippen LogP contribution < -0.4 is 11.2 Å². The highest BCUT2D eigenvalue weighted by Crippen LogP contribution is 2.37. The summed E-state index contributed by atoms with van der Waals surface area (Å²) in [5, 5.41) is 20.1. The molecule has 1 fully saturated rings. The molecule has 0 unspecified atom stereocenters. The maximum Gasteiger partial charge on any atom is 0.350 e. The van der Waals surface area contributed by atoms with Crippen LogP contribution in [-0.2, 0) is 19.9 Å². The van der Waals surface area contributed by atoms with Crippen LogP contribution in [-0.4, -0.2) is 54.7 Å². The molecule has 1 aliphatic rings. The number of aliphatic hydroxyl groups excluding tert-OH is 1. The van der Waals surface area contributed by atoms with Crippen LogP contribution in [0, 0.1) is 0 Å². The van der Waals surface area contributed by atoms with Gasteiger partial charge in [0.15, 0.2) is 6.10 Å². The molecular formula is C9H13N2O9P. The summed E-state index contributed by atoms with van der Waals surface area (Å²) in [4.78, 5) is 41.8. The summed E-state index contributed by atoms with van der Waals surface area (Å²) in [6, 6.07) is 0.930. The van der Waals surface area contributed by atoms with E-state index in [0.717, 1.165) is 12.3 Å². The number of ether oxygens (including phenoxy) is 2. The van der Waals surface area contributed by atoms with Crippen molar-refractivity contribution < 1.29 is 34.0 Å². The lowest BCUT2D eigenvalue weighted by atomic mass is 10.2. The quantitative estimate of drug-likeness (QED) is 0.363. The minimum absolute atomic E-state index is 0.413. The molecule has 12 heteroatoms. The zero-order valence-electron chi connectivity index (χ0n) is 10.4. The summed E-state index contributed by atoms with van der Waals surface area (Å²) in [5.41, 5.74) is -1.73. The minimum atomic E-state index is -4.46. The summed E-state index contributed by atoms with van der Waals surface area (Å²) in [6.07, 6.45) is -3.13. The first kappa shape index (κ1) is 16.0. The lowest BCUT2D eigenvalue weighted by molar-refractivity contribution is -0.278. The van der Waals surface area contributed by atoms with Crippen LogP contribution in [0.15, 0.2) is 21.9 Å². The van der Waals surface area contributed by atoms with Gasteiger partial charge in [0.25, 0.3) is 11.5 Å². The summed E-state index contributed by atoms with van der Waals surface area (Å²) >= 11 is 0. The van der Waals surface area contributed by atoms with Gasteiger partial charge in [-0.1, -0.05) is 0 Å². The second kappa shape index (κ2) is 5.46. The molecule has 0 radical (unpaired) electrons. The average molecular weight is 324 g/mol. The molecule has 21 heavy (non-hydrogen) atoms. The van der Waals surface area contributed by atoms with Gasteiger partial charge in [0.05, 0.1) is 6.61 Å². The Hall–Kier alpha value is -1.33. The number of hydrogen-bond donors (Lipinski definition) is 5. The summed E-state index contributed by atoms with van der Waals surface area (Å²) in [5.74, 6) is -2.51. The maximum atomic E-state index is 11.6. The van der Waals surface area contributed by atoms with Crippen molar-refractivity contribution in [2.24, 2.45) is 0 Å². The van der Waals surface area contributed by atoms with E-state index in [1.165, 1.54) is 0 Å². The second-order valence-corrected chi connectivity index (χ2v) is 5.98. The molecule has 0 amide bonds. The third-order valence-corrected chi connectivity index (χ3v) is 3.31. The Labute approximate surface area is 116 Å². The van der Waals surface area contributed by atoms with Gasteiger partial charge in [0, 0.05) is 12.3 Å². The fourth-order valence-corrected chi connectivity index (χ4v) is 2.22. The van der Waals surface area contributed by atoms with Crippen LogP contribution in [0.1, 0.15) is 0 Å². The van der Waals surface area contributed by atoms with Crippen molar-refractivity contribution >= 4 is 7.60 Å². The minimum Gasteiger partial charge on any atom is -0.382 e. The predicted molar refractivity (Wildman–Crippen MR) is 65.3 cm³/mol. The van der Waals surface area contributed by atoms with Gasteiger partial charge in [-0.05, 0) is 0 Å². The van der Waals surface area contributed by atoms with Crippen molar-refractivity contribution in [2.45, 2.75) is 18.1 Å². The first-order chi connectivity index (χ1) is 9.63. The molecule has 1 saturated heterocycles. The van der Waals surface area contributed by atoms with E-state index in [9.17, 15) is 24.4 Å². The van der Waals surface area contributed by atoms with E-state index in [1.807, 2.05) is 4.98 Å². The van der Waals surface area contributed by atoms with E-state index in [0.29, 0.717) is 4.57 Å². The topological polar surface area (TPSA) is 171 Å². The average Bonchev–Trinajstić information content (AvgIpc) is 2.63. The Morgan fingerprint density at radius 3 is 2.76 bits per heavy atom. The highest BCUT2D eigenvalue weighted by atomic mass is 31.2. The van der Waals surface area contributed by atoms with E-state index in [2.05, 4.69) is 0 Å². The predicted octanol–water partition coefficient (Wildman–Crippen LogP) is -2.95. The van der Waals surface area contributed by atoms with Gasteiger partial charge < -0.3 is 29.5 Å². The fourth-order valence-electron chi connectivity index (χ4n) is 1.84. The van der Waals surface area contributed by atoms with Crippen LogP contribution in [0.5, 0.6) is 0 Å². The molecular weight excluding hydrogens is 311 g/mol. The molecule has 1 aromatic heterocycles. The number of nitrogens with one attached hydrogen (secondary N) is 1. The van der Waals surface area contributed by atoms with Crippen molar-refractivity contribution in [3.05, 3.63) is 33.1 Å². The number of aliphatic hydroxyl groups is 2. The third-order valence-electron chi connectivity index (χ3n) is 2.82. The molecule has 0 bridgehead atoms.